The van der Waals surface area contributed by atoms with Crippen LogP contribution in [0.2, 0.25) is 0 Å². The van der Waals surface area contributed by atoms with Crippen LogP contribution in [0.4, 0.5) is 0 Å². The van der Waals surface area contributed by atoms with E-state index in [1.807, 2.05) is 13.0 Å². The minimum atomic E-state index is -0.716. The zero-order valence-electron chi connectivity index (χ0n) is 7.55. The molecule has 3 heteroatoms. The minimum absolute atomic E-state index is 0.268. The van der Waals surface area contributed by atoms with Crippen LogP contribution in [0.15, 0.2) is 12.7 Å². The van der Waals surface area contributed by atoms with Gasteiger partial charge in [0.05, 0.1) is 0 Å². The van der Waals surface area contributed by atoms with Crippen LogP contribution in [0.5, 0.6) is 0 Å². The van der Waals surface area contributed by atoms with Gasteiger partial charge in [0.2, 0.25) is 0 Å². The largest absolute Gasteiger partial charge is 0.481 e. The molecule has 0 aromatic carbocycles. The van der Waals surface area contributed by atoms with Crippen molar-refractivity contribution >= 4 is 5.97 Å². The topological polar surface area (TPSA) is 49.3 Å². The van der Waals surface area contributed by atoms with Crippen LogP contribution in [-0.4, -0.2) is 23.7 Å². The van der Waals surface area contributed by atoms with Crippen LogP contribution in [0.25, 0.3) is 0 Å². The first kappa shape index (κ1) is 11.2. The Balaban J connectivity index is 3.10. The Morgan fingerprint density at radius 3 is 2.83 bits per heavy atom. The van der Waals surface area contributed by atoms with Crippen molar-refractivity contribution < 1.29 is 9.90 Å². The van der Waals surface area contributed by atoms with Crippen LogP contribution >= 0.6 is 0 Å². The third-order valence-electron chi connectivity index (χ3n) is 1.64. The summed E-state index contributed by atoms with van der Waals surface area (Å²) in [6.45, 7) is 6.51. The van der Waals surface area contributed by atoms with E-state index in [0.717, 1.165) is 19.4 Å². The van der Waals surface area contributed by atoms with E-state index in [1.54, 1.807) is 0 Å². The molecule has 0 aromatic rings. The van der Waals surface area contributed by atoms with E-state index in [9.17, 15) is 4.79 Å². The van der Waals surface area contributed by atoms with E-state index in [2.05, 4.69) is 11.9 Å². The molecule has 0 aliphatic carbocycles. The molecule has 0 saturated carbocycles. The van der Waals surface area contributed by atoms with Crippen molar-refractivity contribution in [1.29, 1.82) is 0 Å². The van der Waals surface area contributed by atoms with Gasteiger partial charge in [-0.1, -0.05) is 6.08 Å². The Labute approximate surface area is 73.5 Å². The van der Waals surface area contributed by atoms with E-state index in [1.165, 1.54) is 0 Å². The second-order valence-corrected chi connectivity index (χ2v) is 2.83. The molecule has 0 saturated heterocycles. The summed E-state index contributed by atoms with van der Waals surface area (Å²) in [7, 11) is 0. The van der Waals surface area contributed by atoms with Crippen LogP contribution in [0, 0.1) is 0 Å². The molecule has 0 heterocycles. The predicted molar refractivity (Wildman–Crippen MR) is 49.1 cm³/mol. The molecule has 2 N–H and O–H groups in total. The number of carbonyl (C=O) groups is 1. The number of unbranched alkanes of at least 4 members (excludes halogenated alkanes) is 1. The first-order valence-corrected chi connectivity index (χ1v) is 4.24. The molecule has 12 heavy (non-hydrogen) atoms. The van der Waals surface area contributed by atoms with Gasteiger partial charge in [-0.15, -0.1) is 6.58 Å². The standard InChI is InChI=1S/C9H17NO2/c1-3-8(2)10-7-5-4-6-9(11)12/h3,8,10H,1,4-7H2,2H3,(H,11,12). The Morgan fingerprint density at radius 1 is 1.67 bits per heavy atom. The van der Waals surface area contributed by atoms with Gasteiger partial charge in [0.15, 0.2) is 0 Å². The molecule has 0 aliphatic rings. The molecule has 0 amide bonds. The molecule has 3 nitrogen and oxygen atoms in total. The number of carboxylic acid groups (broad SMARTS) is 1. The van der Waals surface area contributed by atoms with Crippen LogP contribution < -0.4 is 5.32 Å². The summed E-state index contributed by atoms with van der Waals surface area (Å²) in [4.78, 5) is 10.1. The van der Waals surface area contributed by atoms with Gasteiger partial charge in [0.1, 0.15) is 0 Å². The van der Waals surface area contributed by atoms with E-state index < -0.39 is 5.97 Å². The lowest BCUT2D eigenvalue weighted by atomic mass is 10.2. The monoisotopic (exact) mass is 171 g/mol. The molecule has 0 fully saturated rings. The van der Waals surface area contributed by atoms with Gasteiger partial charge in [0, 0.05) is 12.5 Å². The summed E-state index contributed by atoms with van der Waals surface area (Å²) in [5.41, 5.74) is 0. The highest BCUT2D eigenvalue weighted by molar-refractivity contribution is 5.66. The lowest BCUT2D eigenvalue weighted by molar-refractivity contribution is -0.137. The van der Waals surface area contributed by atoms with Crippen LogP contribution in [0.3, 0.4) is 0 Å². The third-order valence-corrected chi connectivity index (χ3v) is 1.64. The lowest BCUT2D eigenvalue weighted by Crippen LogP contribution is -2.24. The molecular weight excluding hydrogens is 154 g/mol. The zero-order chi connectivity index (χ0) is 9.40. The summed E-state index contributed by atoms with van der Waals surface area (Å²) < 4.78 is 0. The molecule has 70 valence electrons. The van der Waals surface area contributed by atoms with Crippen molar-refractivity contribution in [1.82, 2.24) is 5.32 Å². The van der Waals surface area contributed by atoms with Crippen LogP contribution in [0.1, 0.15) is 26.2 Å². The molecule has 1 unspecified atom stereocenters. The maximum atomic E-state index is 10.1. The number of carboxylic acids is 1. The highest BCUT2D eigenvalue weighted by Crippen LogP contribution is 1.94. The van der Waals surface area contributed by atoms with Crippen molar-refractivity contribution in [3.8, 4) is 0 Å². The summed E-state index contributed by atoms with van der Waals surface area (Å²) in [6.07, 6.45) is 3.75. The van der Waals surface area contributed by atoms with Crippen molar-refractivity contribution in [3.63, 3.8) is 0 Å². The average molecular weight is 171 g/mol. The number of rotatable bonds is 7. The van der Waals surface area contributed by atoms with Gasteiger partial charge in [0.25, 0.3) is 0 Å². The Bertz CT molecular complexity index is 145. The van der Waals surface area contributed by atoms with Crippen LogP contribution in [-0.2, 0) is 4.79 Å². The molecule has 0 bridgehead atoms. The van der Waals surface area contributed by atoms with Crippen molar-refractivity contribution in [2.75, 3.05) is 6.54 Å². The summed E-state index contributed by atoms with van der Waals surface area (Å²) in [5, 5.41) is 11.5. The van der Waals surface area contributed by atoms with Gasteiger partial charge >= 0.3 is 5.97 Å². The molecule has 0 aromatic heterocycles. The Morgan fingerprint density at radius 2 is 2.33 bits per heavy atom. The first-order chi connectivity index (χ1) is 5.66. The van der Waals surface area contributed by atoms with Gasteiger partial charge in [-0.3, -0.25) is 4.79 Å². The zero-order valence-corrected chi connectivity index (χ0v) is 7.55. The fourth-order valence-electron chi connectivity index (χ4n) is 0.814. The highest BCUT2D eigenvalue weighted by atomic mass is 16.4. The Hall–Kier alpha value is -0.830. The summed E-state index contributed by atoms with van der Waals surface area (Å²) >= 11 is 0. The van der Waals surface area contributed by atoms with Gasteiger partial charge in [-0.2, -0.15) is 0 Å². The average Bonchev–Trinajstić information content (AvgIpc) is 2.03. The van der Waals surface area contributed by atoms with Gasteiger partial charge in [-0.25, -0.2) is 0 Å². The summed E-state index contributed by atoms with van der Waals surface area (Å²) in [6, 6.07) is 0.315. The first-order valence-electron chi connectivity index (χ1n) is 4.24. The van der Waals surface area contributed by atoms with E-state index in [-0.39, 0.29) is 6.42 Å². The highest BCUT2D eigenvalue weighted by Gasteiger charge is 1.97. The molecule has 0 rings (SSSR count). The SMILES string of the molecule is C=CC(C)NCCCCC(=O)O. The smallest absolute Gasteiger partial charge is 0.303 e. The van der Waals surface area contributed by atoms with Crippen molar-refractivity contribution in [3.05, 3.63) is 12.7 Å². The molecule has 1 atom stereocenters. The number of hydrogen-bond donors (Lipinski definition) is 2. The van der Waals surface area contributed by atoms with E-state index in [4.69, 9.17) is 5.11 Å². The predicted octanol–water partition coefficient (Wildman–Crippen LogP) is 1.41. The number of aliphatic carboxylic acids is 1. The molecule has 0 aliphatic heterocycles. The maximum Gasteiger partial charge on any atom is 0.303 e. The quantitative estimate of drug-likeness (QED) is 0.449. The number of hydrogen-bond acceptors (Lipinski definition) is 2. The van der Waals surface area contributed by atoms with Gasteiger partial charge < -0.3 is 10.4 Å². The van der Waals surface area contributed by atoms with E-state index >= 15 is 0 Å². The third kappa shape index (κ3) is 7.28. The normalized spacial score (nSPS) is 12.4. The molecule has 0 spiro atoms. The van der Waals surface area contributed by atoms with Gasteiger partial charge in [-0.05, 0) is 26.3 Å². The van der Waals surface area contributed by atoms with E-state index in [0.29, 0.717) is 6.04 Å². The molecular formula is C9H17NO2. The minimum Gasteiger partial charge on any atom is -0.481 e. The summed E-state index contributed by atoms with van der Waals surface area (Å²) in [5.74, 6) is -0.716. The number of nitrogens with one attached hydrogen (secondary N) is 1. The Kier molecular flexibility index (Phi) is 6.38. The second kappa shape index (κ2) is 6.85. The lowest BCUT2D eigenvalue weighted by Gasteiger charge is -2.07. The maximum absolute atomic E-state index is 10.1. The van der Waals surface area contributed by atoms with Crippen molar-refractivity contribution in [2.45, 2.75) is 32.2 Å². The second-order valence-electron chi connectivity index (χ2n) is 2.83. The molecule has 0 radical (unpaired) electrons. The fourth-order valence-corrected chi connectivity index (χ4v) is 0.814. The fraction of sp³-hybridized carbons (Fsp3) is 0.667. The van der Waals surface area contributed by atoms with Crippen molar-refractivity contribution in [2.24, 2.45) is 0 Å².